The van der Waals surface area contributed by atoms with E-state index in [9.17, 15) is 0 Å². The Balaban J connectivity index is 2.61. The van der Waals surface area contributed by atoms with Gasteiger partial charge in [0.15, 0.2) is 0 Å². The highest BCUT2D eigenvalue weighted by Crippen LogP contribution is 2.13. The van der Waals surface area contributed by atoms with E-state index in [0.29, 0.717) is 12.0 Å². The third-order valence-electron chi connectivity index (χ3n) is 2.58. The summed E-state index contributed by atoms with van der Waals surface area (Å²) in [4.78, 5) is 0. The highest BCUT2D eigenvalue weighted by atomic mass is 14.9. The minimum atomic E-state index is 0.533. The van der Waals surface area contributed by atoms with Crippen LogP contribution in [-0.4, -0.2) is 12.6 Å². The SMILES string of the molecule is CC(C)NCC1=C/C=C\C(C(C)C)=C/C=C\1. The maximum Gasteiger partial charge on any atom is 0.0207 e. The Morgan fingerprint density at radius 1 is 1.00 bits per heavy atom. The van der Waals surface area contributed by atoms with E-state index in [-0.39, 0.29) is 0 Å². The Bertz CT molecular complexity index is 327. The van der Waals surface area contributed by atoms with Gasteiger partial charge in [0.05, 0.1) is 0 Å². The molecule has 0 fully saturated rings. The quantitative estimate of drug-likeness (QED) is 0.758. The number of hydrogen-bond donors (Lipinski definition) is 1. The fraction of sp³-hybridized carbons (Fsp3) is 0.467. The Morgan fingerprint density at radius 2 is 1.69 bits per heavy atom. The lowest BCUT2D eigenvalue weighted by Gasteiger charge is -2.10. The molecular weight excluding hydrogens is 194 g/mol. The summed E-state index contributed by atoms with van der Waals surface area (Å²) in [5, 5.41) is 3.42. The van der Waals surface area contributed by atoms with Crippen LogP contribution >= 0.6 is 0 Å². The van der Waals surface area contributed by atoms with Crippen LogP contribution in [0.15, 0.2) is 47.6 Å². The number of allylic oxidation sites excluding steroid dienone is 6. The van der Waals surface area contributed by atoms with Gasteiger partial charge in [-0.1, -0.05) is 64.2 Å². The average Bonchev–Trinajstić information content (AvgIpc) is 2.15. The fourth-order valence-corrected chi connectivity index (χ4v) is 1.50. The first kappa shape index (κ1) is 13.0. The van der Waals surface area contributed by atoms with Crippen LogP contribution in [0.2, 0.25) is 0 Å². The normalized spacial score (nSPS) is 26.6. The second-order valence-corrected chi connectivity index (χ2v) is 4.82. The Hall–Kier alpha value is -1.08. The van der Waals surface area contributed by atoms with Gasteiger partial charge in [0.2, 0.25) is 0 Å². The van der Waals surface area contributed by atoms with Gasteiger partial charge in [-0.3, -0.25) is 0 Å². The van der Waals surface area contributed by atoms with Gasteiger partial charge in [0.1, 0.15) is 0 Å². The fourth-order valence-electron chi connectivity index (χ4n) is 1.50. The second-order valence-electron chi connectivity index (χ2n) is 4.82. The summed E-state index contributed by atoms with van der Waals surface area (Å²) in [7, 11) is 0. The molecule has 88 valence electrons. The second kappa shape index (κ2) is 6.49. The largest absolute Gasteiger partial charge is 0.310 e. The van der Waals surface area contributed by atoms with Crippen LogP contribution in [0.3, 0.4) is 0 Å². The van der Waals surface area contributed by atoms with Crippen LogP contribution in [0.25, 0.3) is 0 Å². The highest BCUT2D eigenvalue weighted by molar-refractivity contribution is 5.36. The molecule has 0 saturated heterocycles. The molecule has 1 N–H and O–H groups in total. The summed E-state index contributed by atoms with van der Waals surface area (Å²) in [5.41, 5.74) is 2.70. The Kier molecular flexibility index (Phi) is 5.27. The van der Waals surface area contributed by atoms with Gasteiger partial charge in [-0.05, 0) is 17.1 Å². The van der Waals surface area contributed by atoms with Crippen LogP contribution < -0.4 is 5.32 Å². The molecule has 1 heteroatoms. The molecule has 0 atom stereocenters. The summed E-state index contributed by atoms with van der Waals surface area (Å²) in [6.45, 7) is 9.70. The molecule has 0 spiro atoms. The van der Waals surface area contributed by atoms with Gasteiger partial charge in [-0.2, -0.15) is 0 Å². The van der Waals surface area contributed by atoms with Gasteiger partial charge in [0.25, 0.3) is 0 Å². The summed E-state index contributed by atoms with van der Waals surface area (Å²) in [5.74, 6) is 0.588. The van der Waals surface area contributed by atoms with E-state index >= 15 is 0 Å². The lowest BCUT2D eigenvalue weighted by molar-refractivity contribution is 0.625. The van der Waals surface area contributed by atoms with Gasteiger partial charge in [-0.15, -0.1) is 0 Å². The maximum absolute atomic E-state index is 3.42. The van der Waals surface area contributed by atoms with Gasteiger partial charge >= 0.3 is 0 Å². The van der Waals surface area contributed by atoms with Crippen LogP contribution in [0.5, 0.6) is 0 Å². The first-order chi connectivity index (χ1) is 7.59. The van der Waals surface area contributed by atoms with Crippen molar-refractivity contribution in [2.45, 2.75) is 33.7 Å². The summed E-state index contributed by atoms with van der Waals surface area (Å²) >= 11 is 0. The van der Waals surface area contributed by atoms with E-state index in [0.717, 1.165) is 6.54 Å². The summed E-state index contributed by atoms with van der Waals surface area (Å²) < 4.78 is 0. The third-order valence-corrected chi connectivity index (χ3v) is 2.58. The first-order valence-corrected chi connectivity index (χ1v) is 6.08. The molecule has 16 heavy (non-hydrogen) atoms. The van der Waals surface area contributed by atoms with E-state index in [1.807, 2.05) is 0 Å². The molecule has 0 heterocycles. The van der Waals surface area contributed by atoms with E-state index in [1.165, 1.54) is 11.1 Å². The lowest BCUT2D eigenvalue weighted by atomic mass is 10.0. The highest BCUT2D eigenvalue weighted by Gasteiger charge is 1.99. The molecule has 1 nitrogen and oxygen atoms in total. The molecule has 1 aliphatic rings. The molecule has 0 radical (unpaired) electrons. The minimum Gasteiger partial charge on any atom is -0.310 e. The first-order valence-electron chi connectivity index (χ1n) is 6.08. The monoisotopic (exact) mass is 217 g/mol. The zero-order chi connectivity index (χ0) is 12.0. The van der Waals surface area contributed by atoms with Gasteiger partial charge in [-0.25, -0.2) is 0 Å². The molecule has 0 aromatic carbocycles. The Labute approximate surface area is 99.6 Å². The van der Waals surface area contributed by atoms with Crippen LogP contribution in [0, 0.1) is 5.92 Å². The smallest absolute Gasteiger partial charge is 0.0207 e. The van der Waals surface area contributed by atoms with Crippen LogP contribution in [0.4, 0.5) is 0 Å². The van der Waals surface area contributed by atoms with Crippen molar-refractivity contribution >= 4 is 0 Å². The molecule has 0 aromatic rings. The van der Waals surface area contributed by atoms with Crippen molar-refractivity contribution in [3.63, 3.8) is 0 Å². The average molecular weight is 217 g/mol. The van der Waals surface area contributed by atoms with Crippen molar-refractivity contribution in [3.05, 3.63) is 47.6 Å². The molecule has 1 aliphatic carbocycles. The molecule has 0 unspecified atom stereocenters. The zero-order valence-electron chi connectivity index (χ0n) is 10.8. The van der Waals surface area contributed by atoms with Crippen LogP contribution in [0.1, 0.15) is 27.7 Å². The minimum absolute atomic E-state index is 0.533. The van der Waals surface area contributed by atoms with Crippen molar-refractivity contribution < 1.29 is 0 Å². The summed E-state index contributed by atoms with van der Waals surface area (Å²) in [6, 6.07) is 0.533. The topological polar surface area (TPSA) is 12.0 Å². The molecule has 1 rings (SSSR count). The third kappa shape index (κ3) is 4.63. The van der Waals surface area contributed by atoms with Crippen molar-refractivity contribution in [3.8, 4) is 0 Å². The zero-order valence-corrected chi connectivity index (χ0v) is 10.8. The standard InChI is InChI=1S/C15H23N/c1-12(2)15-9-5-7-14(8-6-10-15)11-16-13(3)4/h5-10,12-13,16H,11H2,1-4H3/b7-5-,8-6?,9-5?,10-6-,14-7?,14-8+,15-9+,15-10?. The van der Waals surface area contributed by atoms with Crippen LogP contribution in [-0.2, 0) is 0 Å². The van der Waals surface area contributed by atoms with E-state index in [2.05, 4.69) is 69.5 Å². The van der Waals surface area contributed by atoms with E-state index < -0.39 is 0 Å². The molecule has 0 amide bonds. The maximum atomic E-state index is 3.42. The number of hydrogen-bond acceptors (Lipinski definition) is 1. The van der Waals surface area contributed by atoms with Crippen molar-refractivity contribution in [1.82, 2.24) is 5.32 Å². The predicted octanol–water partition coefficient (Wildman–Crippen LogP) is 3.62. The molecular formula is C15H23N. The van der Waals surface area contributed by atoms with E-state index in [4.69, 9.17) is 0 Å². The molecule has 0 saturated carbocycles. The van der Waals surface area contributed by atoms with Gasteiger partial charge in [0, 0.05) is 12.6 Å². The lowest BCUT2D eigenvalue weighted by Crippen LogP contribution is -2.24. The van der Waals surface area contributed by atoms with Crippen molar-refractivity contribution in [2.24, 2.45) is 5.92 Å². The predicted molar refractivity (Wildman–Crippen MR) is 72.4 cm³/mol. The van der Waals surface area contributed by atoms with Gasteiger partial charge < -0.3 is 5.32 Å². The molecule has 0 aliphatic heterocycles. The van der Waals surface area contributed by atoms with E-state index in [1.54, 1.807) is 0 Å². The molecule has 0 bridgehead atoms. The van der Waals surface area contributed by atoms with Crippen molar-refractivity contribution in [2.75, 3.05) is 6.54 Å². The summed E-state index contributed by atoms with van der Waals surface area (Å²) in [6.07, 6.45) is 13.1. The number of nitrogens with one attached hydrogen (secondary N) is 1. The Morgan fingerprint density at radius 3 is 2.31 bits per heavy atom. The number of rotatable bonds is 4. The van der Waals surface area contributed by atoms with Crippen molar-refractivity contribution in [1.29, 1.82) is 0 Å². The molecule has 0 aromatic heterocycles.